The second-order valence-electron chi connectivity index (χ2n) is 7.63. The van der Waals surface area contributed by atoms with Gasteiger partial charge in [0.2, 0.25) is 0 Å². The number of rotatable bonds is 5. The van der Waals surface area contributed by atoms with Crippen LogP contribution in [0.3, 0.4) is 0 Å². The molecule has 1 aromatic heterocycles. The second kappa shape index (κ2) is 8.02. The Hall–Kier alpha value is -3.24. The van der Waals surface area contributed by atoms with Gasteiger partial charge < -0.3 is 5.32 Å². The lowest BCUT2D eigenvalue weighted by atomic mass is 10.1. The van der Waals surface area contributed by atoms with Crippen molar-refractivity contribution in [2.24, 2.45) is 0 Å². The maximum Gasteiger partial charge on any atom is 0.266 e. The van der Waals surface area contributed by atoms with Crippen molar-refractivity contribution in [2.75, 3.05) is 0 Å². The zero-order valence-corrected chi connectivity index (χ0v) is 17.1. The van der Waals surface area contributed by atoms with E-state index < -0.39 is 0 Å². The van der Waals surface area contributed by atoms with Crippen molar-refractivity contribution in [2.45, 2.75) is 33.4 Å². The number of para-hydroxylation sites is 1. The topological polar surface area (TPSA) is 51.5 Å². The smallest absolute Gasteiger partial charge is 0.266 e. The molecule has 1 atom stereocenters. The Kier molecular flexibility index (Phi) is 5.28. The number of hydrogen-bond acceptors (Lipinski definition) is 2. The third-order valence-electron chi connectivity index (χ3n) is 5.35. The lowest BCUT2D eigenvalue weighted by Crippen LogP contribution is -2.83. The SMILES string of the molecule is Cc1ccc(-n2c([C@@H](C)[NH2+]Cc3ccccc3)nc3ccccc3c2=O)c(C)c1. The first-order chi connectivity index (χ1) is 14.0. The highest BCUT2D eigenvalue weighted by Crippen LogP contribution is 2.20. The Labute approximate surface area is 170 Å². The first-order valence-electron chi connectivity index (χ1n) is 10.0. The minimum absolute atomic E-state index is 0.0162. The van der Waals surface area contributed by atoms with Crippen molar-refractivity contribution >= 4 is 10.9 Å². The van der Waals surface area contributed by atoms with Gasteiger partial charge in [0.15, 0.2) is 5.82 Å². The van der Waals surface area contributed by atoms with Crippen molar-refractivity contribution in [1.29, 1.82) is 0 Å². The van der Waals surface area contributed by atoms with Gasteiger partial charge in [-0.25, -0.2) is 4.98 Å². The zero-order valence-electron chi connectivity index (χ0n) is 17.1. The third-order valence-corrected chi connectivity index (χ3v) is 5.35. The van der Waals surface area contributed by atoms with E-state index >= 15 is 0 Å². The molecule has 4 nitrogen and oxygen atoms in total. The molecule has 0 unspecified atom stereocenters. The van der Waals surface area contributed by atoms with Gasteiger partial charge in [0.05, 0.1) is 16.6 Å². The van der Waals surface area contributed by atoms with Crippen LogP contribution in [0.25, 0.3) is 16.6 Å². The Bertz CT molecular complexity index is 1210. The highest BCUT2D eigenvalue weighted by Gasteiger charge is 2.21. The second-order valence-corrected chi connectivity index (χ2v) is 7.63. The average Bonchev–Trinajstić information content (AvgIpc) is 2.73. The lowest BCUT2D eigenvalue weighted by molar-refractivity contribution is -0.709. The molecule has 0 aliphatic heterocycles. The van der Waals surface area contributed by atoms with Crippen LogP contribution >= 0.6 is 0 Å². The molecule has 0 amide bonds. The van der Waals surface area contributed by atoms with Crippen LogP contribution in [0.4, 0.5) is 0 Å². The fraction of sp³-hybridized carbons (Fsp3) is 0.200. The molecule has 0 spiro atoms. The van der Waals surface area contributed by atoms with Gasteiger partial charge >= 0.3 is 0 Å². The van der Waals surface area contributed by atoms with Crippen LogP contribution in [0.5, 0.6) is 0 Å². The Morgan fingerprint density at radius 3 is 2.45 bits per heavy atom. The van der Waals surface area contributed by atoms with E-state index in [0.29, 0.717) is 5.39 Å². The van der Waals surface area contributed by atoms with Crippen LogP contribution in [-0.2, 0) is 6.54 Å². The molecular weight excluding hydrogens is 358 g/mol. The van der Waals surface area contributed by atoms with Crippen LogP contribution in [0.2, 0.25) is 0 Å². The molecule has 0 bridgehead atoms. The molecule has 29 heavy (non-hydrogen) atoms. The predicted molar refractivity (Wildman–Crippen MR) is 117 cm³/mol. The summed E-state index contributed by atoms with van der Waals surface area (Å²) in [6.45, 7) is 7.05. The standard InChI is InChI=1S/C25H25N3O/c1-17-13-14-23(18(2)15-17)28-24(19(3)26-16-20-9-5-4-6-10-20)27-22-12-8-7-11-21(22)25(28)29/h4-15,19,26H,16H2,1-3H3/p+1/t19-/m1/s1. The molecule has 0 aliphatic carbocycles. The molecule has 146 valence electrons. The van der Waals surface area contributed by atoms with Gasteiger partial charge in [0.25, 0.3) is 5.56 Å². The average molecular weight is 385 g/mol. The Morgan fingerprint density at radius 1 is 0.966 bits per heavy atom. The number of fused-ring (bicyclic) bond motifs is 1. The van der Waals surface area contributed by atoms with Gasteiger partial charge in [-0.15, -0.1) is 0 Å². The minimum Gasteiger partial charge on any atom is -0.334 e. The first-order valence-corrected chi connectivity index (χ1v) is 10.0. The van der Waals surface area contributed by atoms with Crippen LogP contribution in [0.1, 0.15) is 35.5 Å². The first kappa shape index (κ1) is 19.1. The summed E-state index contributed by atoms with van der Waals surface area (Å²) < 4.78 is 1.79. The number of quaternary nitrogens is 1. The van der Waals surface area contributed by atoms with Crippen LogP contribution in [0.15, 0.2) is 77.6 Å². The van der Waals surface area contributed by atoms with Crippen LogP contribution < -0.4 is 10.9 Å². The normalized spacial score (nSPS) is 12.2. The van der Waals surface area contributed by atoms with E-state index in [4.69, 9.17) is 4.98 Å². The van der Waals surface area contributed by atoms with E-state index in [1.165, 1.54) is 11.1 Å². The third kappa shape index (κ3) is 3.84. The quantitative estimate of drug-likeness (QED) is 0.569. The van der Waals surface area contributed by atoms with Gasteiger partial charge in [-0.3, -0.25) is 9.36 Å². The van der Waals surface area contributed by atoms with Gasteiger partial charge in [0, 0.05) is 5.56 Å². The molecule has 0 radical (unpaired) electrons. The van der Waals surface area contributed by atoms with Gasteiger partial charge in [-0.2, -0.15) is 0 Å². The molecule has 0 saturated carbocycles. The molecule has 2 N–H and O–H groups in total. The predicted octanol–water partition coefficient (Wildman–Crippen LogP) is 3.83. The minimum atomic E-state index is -0.0162. The van der Waals surface area contributed by atoms with Crippen molar-refractivity contribution in [3.05, 3.63) is 106 Å². The fourth-order valence-corrected chi connectivity index (χ4v) is 3.78. The van der Waals surface area contributed by atoms with Crippen LogP contribution in [-0.4, -0.2) is 9.55 Å². The molecule has 4 aromatic rings. The van der Waals surface area contributed by atoms with E-state index in [9.17, 15) is 4.79 Å². The summed E-state index contributed by atoms with van der Waals surface area (Å²) in [6.07, 6.45) is 0. The van der Waals surface area contributed by atoms with E-state index in [1.54, 1.807) is 4.57 Å². The van der Waals surface area contributed by atoms with Crippen molar-refractivity contribution < 1.29 is 5.32 Å². The van der Waals surface area contributed by atoms with Gasteiger partial charge in [0.1, 0.15) is 12.6 Å². The maximum atomic E-state index is 13.5. The van der Waals surface area contributed by atoms with Crippen molar-refractivity contribution in [1.82, 2.24) is 9.55 Å². The highest BCUT2D eigenvalue weighted by atomic mass is 16.1. The molecule has 0 fully saturated rings. The van der Waals surface area contributed by atoms with Gasteiger partial charge in [-0.1, -0.05) is 60.2 Å². The number of nitrogens with two attached hydrogens (primary N) is 1. The fourth-order valence-electron chi connectivity index (χ4n) is 3.78. The summed E-state index contributed by atoms with van der Waals surface area (Å²) in [4.78, 5) is 18.4. The zero-order chi connectivity index (χ0) is 20.4. The molecule has 3 aromatic carbocycles. The molecule has 1 heterocycles. The van der Waals surface area contributed by atoms with E-state index in [2.05, 4.69) is 37.4 Å². The lowest BCUT2D eigenvalue weighted by Gasteiger charge is -2.19. The monoisotopic (exact) mass is 384 g/mol. The molecule has 0 saturated heterocycles. The van der Waals surface area contributed by atoms with Crippen LogP contribution in [0, 0.1) is 13.8 Å². The number of nitrogens with zero attached hydrogens (tertiary/aromatic N) is 2. The van der Waals surface area contributed by atoms with E-state index in [0.717, 1.165) is 29.1 Å². The highest BCUT2D eigenvalue weighted by molar-refractivity contribution is 5.78. The van der Waals surface area contributed by atoms with Crippen molar-refractivity contribution in [3.8, 4) is 5.69 Å². The summed E-state index contributed by atoms with van der Waals surface area (Å²) >= 11 is 0. The van der Waals surface area contributed by atoms with E-state index in [-0.39, 0.29) is 11.6 Å². The molecule has 4 heteroatoms. The molecule has 4 rings (SSSR count). The largest absolute Gasteiger partial charge is 0.334 e. The van der Waals surface area contributed by atoms with E-state index in [1.807, 2.05) is 61.5 Å². The number of aryl methyl sites for hydroxylation is 2. The Balaban J connectivity index is 1.84. The molecule has 0 aliphatic rings. The summed E-state index contributed by atoms with van der Waals surface area (Å²) in [5.74, 6) is 0.775. The number of benzene rings is 3. The Morgan fingerprint density at radius 2 is 1.69 bits per heavy atom. The summed E-state index contributed by atoms with van der Waals surface area (Å²) in [5, 5.41) is 2.87. The molecular formula is C25H26N3O+. The number of aromatic nitrogens is 2. The summed E-state index contributed by atoms with van der Waals surface area (Å²) in [6, 6.07) is 24.2. The van der Waals surface area contributed by atoms with Gasteiger partial charge in [-0.05, 0) is 44.5 Å². The maximum absolute atomic E-state index is 13.5. The summed E-state index contributed by atoms with van der Waals surface area (Å²) in [5.41, 5.74) is 5.12. The summed E-state index contributed by atoms with van der Waals surface area (Å²) in [7, 11) is 0. The number of hydrogen-bond donors (Lipinski definition) is 1. The van der Waals surface area contributed by atoms with Crippen molar-refractivity contribution in [3.63, 3.8) is 0 Å².